The minimum absolute atomic E-state index is 0.0439. The summed E-state index contributed by atoms with van der Waals surface area (Å²) in [7, 11) is 0. The van der Waals surface area contributed by atoms with Crippen molar-refractivity contribution in [2.75, 3.05) is 6.54 Å². The van der Waals surface area contributed by atoms with Crippen molar-refractivity contribution in [3.05, 3.63) is 70.7 Å². The van der Waals surface area contributed by atoms with Gasteiger partial charge in [0.05, 0.1) is 0 Å². The highest BCUT2D eigenvalue weighted by molar-refractivity contribution is 6.30. The number of nitrogens with one attached hydrogen (secondary N) is 1. The summed E-state index contributed by atoms with van der Waals surface area (Å²) in [5, 5.41) is 3.61. The molecular formula is C15H14ClNO. The average molecular weight is 260 g/mol. The molecule has 1 amide bonds. The molecule has 0 bridgehead atoms. The monoisotopic (exact) mass is 259 g/mol. The van der Waals surface area contributed by atoms with E-state index in [4.69, 9.17) is 11.6 Å². The van der Waals surface area contributed by atoms with E-state index in [1.807, 2.05) is 42.5 Å². The molecular weight excluding hydrogens is 246 g/mol. The molecule has 0 saturated carbocycles. The first-order valence-corrected chi connectivity index (χ1v) is 6.21. The van der Waals surface area contributed by atoms with Crippen LogP contribution in [0.1, 0.15) is 15.9 Å². The van der Waals surface area contributed by atoms with E-state index in [-0.39, 0.29) is 5.91 Å². The van der Waals surface area contributed by atoms with Gasteiger partial charge >= 0.3 is 0 Å². The molecule has 0 spiro atoms. The molecule has 92 valence electrons. The molecule has 0 saturated heterocycles. The molecule has 1 N–H and O–H groups in total. The van der Waals surface area contributed by atoms with Gasteiger partial charge in [-0.05, 0) is 36.2 Å². The molecule has 0 atom stereocenters. The van der Waals surface area contributed by atoms with Crippen molar-refractivity contribution in [1.82, 2.24) is 5.32 Å². The largest absolute Gasteiger partial charge is 0.352 e. The Morgan fingerprint density at radius 3 is 2.56 bits per heavy atom. The Balaban J connectivity index is 1.84. The van der Waals surface area contributed by atoms with Crippen LogP contribution >= 0.6 is 11.6 Å². The molecule has 0 radical (unpaired) electrons. The highest BCUT2D eigenvalue weighted by Gasteiger charge is 2.03. The van der Waals surface area contributed by atoms with Crippen LogP contribution in [0.2, 0.25) is 5.02 Å². The first-order chi connectivity index (χ1) is 8.75. The second-order valence-electron chi connectivity index (χ2n) is 4.00. The lowest BCUT2D eigenvalue weighted by Gasteiger charge is -2.05. The molecule has 0 aliphatic heterocycles. The lowest BCUT2D eigenvalue weighted by Crippen LogP contribution is -2.25. The van der Waals surface area contributed by atoms with Crippen molar-refractivity contribution in [3.63, 3.8) is 0 Å². The van der Waals surface area contributed by atoms with E-state index in [1.54, 1.807) is 12.1 Å². The van der Waals surface area contributed by atoms with Crippen molar-refractivity contribution in [2.45, 2.75) is 6.42 Å². The highest BCUT2D eigenvalue weighted by Crippen LogP contribution is 2.10. The van der Waals surface area contributed by atoms with Crippen LogP contribution in [0.4, 0.5) is 0 Å². The molecule has 0 aliphatic rings. The first kappa shape index (κ1) is 12.7. The second-order valence-corrected chi connectivity index (χ2v) is 4.44. The molecule has 2 rings (SSSR count). The predicted molar refractivity (Wildman–Crippen MR) is 73.9 cm³/mol. The molecule has 18 heavy (non-hydrogen) atoms. The molecule has 3 heteroatoms. The molecule has 0 fully saturated rings. The Labute approximate surface area is 112 Å². The number of carbonyl (C=O) groups is 1. The van der Waals surface area contributed by atoms with E-state index in [2.05, 4.69) is 5.32 Å². The molecule has 0 heterocycles. The van der Waals surface area contributed by atoms with Crippen molar-refractivity contribution >= 4 is 17.5 Å². The maximum absolute atomic E-state index is 11.8. The molecule has 0 aromatic heterocycles. The zero-order chi connectivity index (χ0) is 12.8. The van der Waals surface area contributed by atoms with Crippen molar-refractivity contribution in [1.29, 1.82) is 0 Å². The third-order valence-corrected chi connectivity index (χ3v) is 2.86. The van der Waals surface area contributed by atoms with E-state index < -0.39 is 0 Å². The van der Waals surface area contributed by atoms with E-state index in [9.17, 15) is 4.79 Å². The van der Waals surface area contributed by atoms with Crippen LogP contribution in [-0.4, -0.2) is 12.5 Å². The Morgan fingerprint density at radius 1 is 1.06 bits per heavy atom. The smallest absolute Gasteiger partial charge is 0.251 e. The standard InChI is InChI=1S/C15H14ClNO/c16-14-8-4-5-12(11-14)9-10-17-15(18)13-6-2-1-3-7-13/h1-8,11H,9-10H2,(H,17,18). The lowest BCUT2D eigenvalue weighted by molar-refractivity contribution is 0.0954. The summed E-state index contributed by atoms with van der Waals surface area (Å²) in [6.07, 6.45) is 0.777. The van der Waals surface area contributed by atoms with Crippen LogP contribution in [0.15, 0.2) is 54.6 Å². The van der Waals surface area contributed by atoms with E-state index >= 15 is 0 Å². The molecule has 0 aliphatic carbocycles. The summed E-state index contributed by atoms with van der Waals surface area (Å²) >= 11 is 5.89. The van der Waals surface area contributed by atoms with Crippen LogP contribution in [0.3, 0.4) is 0 Å². The van der Waals surface area contributed by atoms with Gasteiger partial charge in [-0.2, -0.15) is 0 Å². The summed E-state index contributed by atoms with van der Waals surface area (Å²) in [6.45, 7) is 0.605. The van der Waals surface area contributed by atoms with Crippen molar-refractivity contribution < 1.29 is 4.79 Å². The second kappa shape index (κ2) is 6.22. The van der Waals surface area contributed by atoms with Gasteiger partial charge in [-0.25, -0.2) is 0 Å². The van der Waals surface area contributed by atoms with Crippen LogP contribution in [-0.2, 0) is 6.42 Å². The third-order valence-electron chi connectivity index (χ3n) is 2.62. The number of benzene rings is 2. The Morgan fingerprint density at radius 2 is 1.83 bits per heavy atom. The molecule has 2 aromatic carbocycles. The fraction of sp³-hybridized carbons (Fsp3) is 0.133. The number of carbonyl (C=O) groups excluding carboxylic acids is 1. The van der Waals surface area contributed by atoms with Gasteiger partial charge in [0.1, 0.15) is 0 Å². The van der Waals surface area contributed by atoms with Crippen molar-refractivity contribution in [3.8, 4) is 0 Å². The Bertz CT molecular complexity index is 525. The van der Waals surface area contributed by atoms with Gasteiger partial charge in [-0.15, -0.1) is 0 Å². The van der Waals surface area contributed by atoms with Gasteiger partial charge in [-0.1, -0.05) is 41.9 Å². The fourth-order valence-corrected chi connectivity index (χ4v) is 1.92. The number of amides is 1. The first-order valence-electron chi connectivity index (χ1n) is 5.83. The Hall–Kier alpha value is -1.80. The molecule has 2 nitrogen and oxygen atoms in total. The normalized spacial score (nSPS) is 10.1. The topological polar surface area (TPSA) is 29.1 Å². The van der Waals surface area contributed by atoms with E-state index in [0.29, 0.717) is 12.1 Å². The van der Waals surface area contributed by atoms with Gasteiger partial charge < -0.3 is 5.32 Å². The Kier molecular flexibility index (Phi) is 4.37. The summed E-state index contributed by atoms with van der Waals surface area (Å²) in [4.78, 5) is 11.8. The van der Waals surface area contributed by atoms with E-state index in [1.165, 1.54) is 0 Å². The minimum Gasteiger partial charge on any atom is -0.352 e. The summed E-state index contributed by atoms with van der Waals surface area (Å²) in [6, 6.07) is 16.9. The summed E-state index contributed by atoms with van der Waals surface area (Å²) in [5.74, 6) is -0.0439. The highest BCUT2D eigenvalue weighted by atomic mass is 35.5. The SMILES string of the molecule is O=C(NCCc1cccc(Cl)c1)c1ccccc1. The molecule has 0 unspecified atom stereocenters. The average Bonchev–Trinajstić information content (AvgIpc) is 2.40. The maximum atomic E-state index is 11.8. The number of halogens is 1. The van der Waals surface area contributed by atoms with Gasteiger partial charge in [0, 0.05) is 17.1 Å². The van der Waals surface area contributed by atoms with E-state index in [0.717, 1.165) is 17.0 Å². The number of hydrogen-bond donors (Lipinski definition) is 1. The van der Waals surface area contributed by atoms with Crippen molar-refractivity contribution in [2.24, 2.45) is 0 Å². The quantitative estimate of drug-likeness (QED) is 0.897. The van der Waals surface area contributed by atoms with Crippen LogP contribution in [0.25, 0.3) is 0 Å². The predicted octanol–water partition coefficient (Wildman–Crippen LogP) is 3.31. The van der Waals surface area contributed by atoms with Gasteiger partial charge in [0.25, 0.3) is 5.91 Å². The number of rotatable bonds is 4. The fourth-order valence-electron chi connectivity index (χ4n) is 1.70. The zero-order valence-electron chi connectivity index (χ0n) is 9.90. The van der Waals surface area contributed by atoms with Gasteiger partial charge in [0.2, 0.25) is 0 Å². The number of hydrogen-bond acceptors (Lipinski definition) is 1. The zero-order valence-corrected chi connectivity index (χ0v) is 10.7. The molecule has 2 aromatic rings. The van der Waals surface area contributed by atoms with Gasteiger partial charge in [-0.3, -0.25) is 4.79 Å². The maximum Gasteiger partial charge on any atom is 0.251 e. The third kappa shape index (κ3) is 3.60. The minimum atomic E-state index is -0.0439. The summed E-state index contributed by atoms with van der Waals surface area (Å²) < 4.78 is 0. The van der Waals surface area contributed by atoms with Crippen LogP contribution < -0.4 is 5.32 Å². The lowest BCUT2D eigenvalue weighted by atomic mass is 10.1. The van der Waals surface area contributed by atoms with Gasteiger partial charge in [0.15, 0.2) is 0 Å². The van der Waals surface area contributed by atoms with Crippen LogP contribution in [0, 0.1) is 0 Å². The summed E-state index contributed by atoms with van der Waals surface area (Å²) in [5.41, 5.74) is 1.81. The van der Waals surface area contributed by atoms with Crippen LogP contribution in [0.5, 0.6) is 0 Å².